The van der Waals surface area contributed by atoms with Gasteiger partial charge in [-0.05, 0) is 48.4 Å². The third kappa shape index (κ3) is 5.29. The maximum absolute atomic E-state index is 6.74. The normalized spacial score (nSPS) is 16.8. The molecule has 4 nitrogen and oxygen atoms in total. The van der Waals surface area contributed by atoms with Crippen molar-refractivity contribution in [3.63, 3.8) is 0 Å². The zero-order chi connectivity index (χ0) is 24.2. The van der Waals surface area contributed by atoms with Gasteiger partial charge in [-0.2, -0.15) is 0 Å². The van der Waals surface area contributed by atoms with Crippen molar-refractivity contribution in [3.05, 3.63) is 82.0 Å². The molecule has 0 aliphatic carbocycles. The van der Waals surface area contributed by atoms with Gasteiger partial charge < -0.3 is 9.47 Å². The molecule has 1 fully saturated rings. The minimum absolute atomic E-state index is 0.200. The number of pyridine rings is 1. The van der Waals surface area contributed by atoms with Gasteiger partial charge in [-0.15, -0.1) is 0 Å². The second-order valence-electron chi connectivity index (χ2n) is 9.89. The summed E-state index contributed by atoms with van der Waals surface area (Å²) >= 11 is 0. The van der Waals surface area contributed by atoms with Gasteiger partial charge in [-0.25, -0.2) is 0 Å². The van der Waals surface area contributed by atoms with E-state index in [-0.39, 0.29) is 6.10 Å². The summed E-state index contributed by atoms with van der Waals surface area (Å²) in [6.07, 6.45) is 5.18. The van der Waals surface area contributed by atoms with Crippen molar-refractivity contribution in [1.29, 1.82) is 0 Å². The number of ether oxygens (including phenoxy) is 2. The predicted octanol–water partition coefficient (Wildman–Crippen LogP) is 6.30. The summed E-state index contributed by atoms with van der Waals surface area (Å²) in [5.41, 5.74) is 10.3. The molecule has 1 aromatic heterocycles. The lowest BCUT2D eigenvalue weighted by Crippen LogP contribution is -2.31. The molecule has 2 aliphatic heterocycles. The standard InChI is InChI=1S/C31H38N2O2/c1-4-23-11-8-12-24(5-2)31(23)29-19-30(35-27-14-17-34-18-15-27)28(22(3)32-29)21-33-16-13-25-9-6-7-10-26(25)20-33/h6-12,19,27H,4-5,13-18,20-21H2,1-3H3. The molecule has 2 aromatic carbocycles. The number of hydrogen-bond donors (Lipinski definition) is 0. The maximum Gasteiger partial charge on any atom is 0.128 e. The molecule has 184 valence electrons. The monoisotopic (exact) mass is 470 g/mol. The molecular weight excluding hydrogens is 432 g/mol. The molecule has 0 saturated carbocycles. The Bertz CT molecular complexity index is 1140. The highest BCUT2D eigenvalue weighted by atomic mass is 16.5. The van der Waals surface area contributed by atoms with E-state index < -0.39 is 0 Å². The van der Waals surface area contributed by atoms with E-state index in [1.165, 1.54) is 33.4 Å². The van der Waals surface area contributed by atoms with E-state index in [9.17, 15) is 0 Å². The molecular formula is C31H38N2O2. The Labute approximate surface area is 210 Å². The first kappa shape index (κ1) is 24.0. The Kier molecular flexibility index (Phi) is 7.50. The maximum atomic E-state index is 6.74. The van der Waals surface area contributed by atoms with Crippen molar-refractivity contribution < 1.29 is 9.47 Å². The van der Waals surface area contributed by atoms with Gasteiger partial charge in [0.05, 0.1) is 18.9 Å². The lowest BCUT2D eigenvalue weighted by atomic mass is 9.93. The van der Waals surface area contributed by atoms with Crippen molar-refractivity contribution in [3.8, 4) is 17.0 Å². The average Bonchev–Trinajstić information content (AvgIpc) is 2.90. The van der Waals surface area contributed by atoms with E-state index >= 15 is 0 Å². The van der Waals surface area contributed by atoms with Crippen LogP contribution in [-0.4, -0.2) is 35.7 Å². The molecule has 5 rings (SSSR count). The summed E-state index contributed by atoms with van der Waals surface area (Å²) in [4.78, 5) is 7.73. The number of rotatable bonds is 7. The summed E-state index contributed by atoms with van der Waals surface area (Å²) in [7, 11) is 0. The molecule has 2 aliphatic rings. The fourth-order valence-corrected chi connectivity index (χ4v) is 5.55. The molecule has 0 N–H and O–H groups in total. The lowest BCUT2D eigenvalue weighted by molar-refractivity contribution is 0.0248. The van der Waals surface area contributed by atoms with Gasteiger partial charge in [-0.3, -0.25) is 9.88 Å². The summed E-state index contributed by atoms with van der Waals surface area (Å²) in [5, 5.41) is 0. The van der Waals surface area contributed by atoms with E-state index in [0.29, 0.717) is 0 Å². The number of aryl methyl sites for hydroxylation is 3. The quantitative estimate of drug-likeness (QED) is 0.406. The zero-order valence-corrected chi connectivity index (χ0v) is 21.5. The van der Waals surface area contributed by atoms with Crippen molar-refractivity contribution in [2.75, 3.05) is 19.8 Å². The summed E-state index contributed by atoms with van der Waals surface area (Å²) in [6.45, 7) is 11.1. The number of fused-ring (bicyclic) bond motifs is 1. The van der Waals surface area contributed by atoms with Crippen LogP contribution in [0.1, 0.15) is 60.2 Å². The number of benzene rings is 2. The minimum atomic E-state index is 0.200. The zero-order valence-electron chi connectivity index (χ0n) is 21.5. The largest absolute Gasteiger partial charge is 0.490 e. The van der Waals surface area contributed by atoms with Crippen LogP contribution >= 0.6 is 0 Å². The minimum Gasteiger partial charge on any atom is -0.490 e. The summed E-state index contributed by atoms with van der Waals surface area (Å²) in [6, 6.07) is 17.7. The second-order valence-corrected chi connectivity index (χ2v) is 9.89. The molecule has 0 atom stereocenters. The molecule has 0 spiro atoms. The predicted molar refractivity (Wildman–Crippen MR) is 142 cm³/mol. The van der Waals surface area contributed by atoms with Gasteiger partial charge in [0, 0.05) is 55.4 Å². The van der Waals surface area contributed by atoms with E-state index in [1.54, 1.807) is 0 Å². The Morgan fingerprint density at radius 3 is 2.40 bits per heavy atom. The van der Waals surface area contributed by atoms with Crippen molar-refractivity contribution in [2.45, 2.75) is 72.1 Å². The number of nitrogens with zero attached hydrogens (tertiary/aromatic N) is 2. The van der Waals surface area contributed by atoms with Gasteiger partial charge in [0.2, 0.25) is 0 Å². The van der Waals surface area contributed by atoms with Crippen LogP contribution in [0.15, 0.2) is 48.5 Å². The molecule has 0 unspecified atom stereocenters. The first-order valence-corrected chi connectivity index (χ1v) is 13.3. The number of hydrogen-bond acceptors (Lipinski definition) is 4. The smallest absolute Gasteiger partial charge is 0.128 e. The fourth-order valence-electron chi connectivity index (χ4n) is 5.55. The van der Waals surface area contributed by atoms with Crippen LogP contribution in [0.3, 0.4) is 0 Å². The highest BCUT2D eigenvalue weighted by Gasteiger charge is 2.24. The summed E-state index contributed by atoms with van der Waals surface area (Å²) < 4.78 is 12.3. The number of aromatic nitrogens is 1. The summed E-state index contributed by atoms with van der Waals surface area (Å²) in [5.74, 6) is 1.01. The van der Waals surface area contributed by atoms with Gasteiger partial charge in [0.25, 0.3) is 0 Å². The van der Waals surface area contributed by atoms with Gasteiger partial charge >= 0.3 is 0 Å². The Morgan fingerprint density at radius 1 is 0.971 bits per heavy atom. The van der Waals surface area contributed by atoms with Crippen LogP contribution in [0, 0.1) is 6.92 Å². The topological polar surface area (TPSA) is 34.6 Å². The van der Waals surface area contributed by atoms with Crippen LogP contribution in [0.25, 0.3) is 11.3 Å². The van der Waals surface area contributed by atoms with Crippen LogP contribution < -0.4 is 4.74 Å². The third-order valence-corrected chi connectivity index (χ3v) is 7.60. The first-order valence-electron chi connectivity index (χ1n) is 13.3. The molecule has 35 heavy (non-hydrogen) atoms. The molecule has 3 heterocycles. The molecule has 0 radical (unpaired) electrons. The van der Waals surface area contributed by atoms with Crippen molar-refractivity contribution >= 4 is 0 Å². The van der Waals surface area contributed by atoms with Crippen molar-refractivity contribution in [1.82, 2.24) is 9.88 Å². The van der Waals surface area contributed by atoms with Crippen LogP contribution in [0.5, 0.6) is 5.75 Å². The second kappa shape index (κ2) is 10.9. The van der Waals surface area contributed by atoms with Crippen LogP contribution in [0.4, 0.5) is 0 Å². The highest BCUT2D eigenvalue weighted by Crippen LogP contribution is 2.35. The van der Waals surface area contributed by atoms with E-state index in [2.05, 4.69) is 74.2 Å². The van der Waals surface area contributed by atoms with Crippen LogP contribution in [0.2, 0.25) is 0 Å². The van der Waals surface area contributed by atoms with E-state index in [4.69, 9.17) is 14.5 Å². The molecule has 1 saturated heterocycles. The molecule has 3 aromatic rings. The first-order chi connectivity index (χ1) is 17.2. The van der Waals surface area contributed by atoms with Crippen molar-refractivity contribution in [2.24, 2.45) is 0 Å². The fraction of sp³-hybridized carbons (Fsp3) is 0.452. The van der Waals surface area contributed by atoms with E-state index in [1.807, 2.05) is 0 Å². The van der Waals surface area contributed by atoms with Gasteiger partial charge in [-0.1, -0.05) is 56.3 Å². The third-order valence-electron chi connectivity index (χ3n) is 7.60. The molecule has 4 heteroatoms. The van der Waals surface area contributed by atoms with Crippen LogP contribution in [-0.2, 0) is 37.1 Å². The Hall–Kier alpha value is -2.69. The Balaban J connectivity index is 1.52. The van der Waals surface area contributed by atoms with Gasteiger partial charge in [0.15, 0.2) is 0 Å². The SMILES string of the molecule is CCc1cccc(CC)c1-c1cc(OC2CCOCC2)c(CN2CCc3ccccc3C2)c(C)n1. The lowest BCUT2D eigenvalue weighted by Gasteiger charge is -2.31. The average molecular weight is 471 g/mol. The molecule has 0 amide bonds. The molecule has 0 bridgehead atoms. The highest BCUT2D eigenvalue weighted by molar-refractivity contribution is 5.70. The van der Waals surface area contributed by atoms with E-state index in [0.717, 1.165) is 82.1 Å². The Morgan fingerprint density at radius 2 is 1.69 bits per heavy atom. The van der Waals surface area contributed by atoms with Gasteiger partial charge in [0.1, 0.15) is 11.9 Å².